The van der Waals surface area contributed by atoms with Gasteiger partial charge in [0.15, 0.2) is 11.6 Å². The number of nitrogens with two attached hydrogens (primary N) is 1. The van der Waals surface area contributed by atoms with E-state index in [2.05, 4.69) is 15.9 Å². The zero-order valence-electron chi connectivity index (χ0n) is 10.3. The number of ether oxygens (including phenoxy) is 1. The van der Waals surface area contributed by atoms with E-state index in [1.807, 2.05) is 24.3 Å². The van der Waals surface area contributed by atoms with Gasteiger partial charge in [0.25, 0.3) is 0 Å². The van der Waals surface area contributed by atoms with Gasteiger partial charge in [-0.3, -0.25) is 0 Å². The summed E-state index contributed by atoms with van der Waals surface area (Å²) < 4.78 is 19.4. The van der Waals surface area contributed by atoms with E-state index in [1.54, 1.807) is 17.8 Å². The number of anilines is 1. The molecule has 2 aromatic rings. The minimum atomic E-state index is -0.336. The fourth-order valence-corrected chi connectivity index (χ4v) is 3.20. The van der Waals surface area contributed by atoms with Crippen LogP contribution in [0.25, 0.3) is 0 Å². The van der Waals surface area contributed by atoms with Crippen LogP contribution in [-0.4, -0.2) is 7.11 Å². The van der Waals surface area contributed by atoms with Crippen LogP contribution >= 0.6 is 27.7 Å². The molecule has 0 atom stereocenters. The van der Waals surface area contributed by atoms with Crippen molar-refractivity contribution in [1.82, 2.24) is 0 Å². The van der Waals surface area contributed by atoms with Crippen molar-refractivity contribution in [3.05, 3.63) is 52.3 Å². The summed E-state index contributed by atoms with van der Waals surface area (Å²) in [4.78, 5) is 1.07. The lowest BCUT2D eigenvalue weighted by Crippen LogP contribution is -1.90. The molecule has 0 radical (unpaired) electrons. The minimum Gasteiger partial charge on any atom is -0.494 e. The van der Waals surface area contributed by atoms with Gasteiger partial charge >= 0.3 is 0 Å². The molecule has 0 fully saturated rings. The Morgan fingerprint density at radius 1 is 1.26 bits per heavy atom. The van der Waals surface area contributed by atoms with Crippen LogP contribution in [-0.2, 0) is 5.75 Å². The number of halogens is 2. The molecule has 19 heavy (non-hydrogen) atoms. The zero-order chi connectivity index (χ0) is 13.8. The summed E-state index contributed by atoms with van der Waals surface area (Å²) in [7, 11) is 1.46. The molecule has 0 saturated carbocycles. The van der Waals surface area contributed by atoms with Crippen LogP contribution in [0.15, 0.2) is 45.8 Å². The van der Waals surface area contributed by atoms with Crippen LogP contribution in [0.5, 0.6) is 5.75 Å². The van der Waals surface area contributed by atoms with Crippen molar-refractivity contribution < 1.29 is 9.13 Å². The van der Waals surface area contributed by atoms with Crippen LogP contribution < -0.4 is 10.5 Å². The lowest BCUT2D eigenvalue weighted by molar-refractivity contribution is 0.386. The van der Waals surface area contributed by atoms with Crippen LogP contribution in [0.3, 0.4) is 0 Å². The third-order valence-electron chi connectivity index (χ3n) is 2.57. The van der Waals surface area contributed by atoms with Crippen molar-refractivity contribution in [2.75, 3.05) is 12.8 Å². The molecule has 0 unspecified atom stereocenters. The van der Waals surface area contributed by atoms with Crippen molar-refractivity contribution >= 4 is 33.4 Å². The summed E-state index contributed by atoms with van der Waals surface area (Å²) in [6, 6.07) is 10.7. The Kier molecular flexibility index (Phi) is 4.71. The molecule has 0 aliphatic heterocycles. The topological polar surface area (TPSA) is 35.2 Å². The van der Waals surface area contributed by atoms with E-state index >= 15 is 0 Å². The molecule has 0 aromatic heterocycles. The second-order valence-electron chi connectivity index (χ2n) is 3.95. The molecule has 0 aliphatic carbocycles. The van der Waals surface area contributed by atoms with Gasteiger partial charge in [-0.2, -0.15) is 0 Å². The Morgan fingerprint density at radius 3 is 2.68 bits per heavy atom. The highest BCUT2D eigenvalue weighted by Crippen LogP contribution is 2.32. The van der Waals surface area contributed by atoms with E-state index < -0.39 is 0 Å². The number of nitrogen functional groups attached to an aromatic ring is 1. The maximum Gasteiger partial charge on any atom is 0.165 e. The van der Waals surface area contributed by atoms with Gasteiger partial charge in [0.2, 0.25) is 0 Å². The van der Waals surface area contributed by atoms with E-state index in [1.165, 1.54) is 13.2 Å². The predicted molar refractivity (Wildman–Crippen MR) is 81.1 cm³/mol. The van der Waals surface area contributed by atoms with Crippen LogP contribution in [0.4, 0.5) is 10.1 Å². The van der Waals surface area contributed by atoms with E-state index in [0.29, 0.717) is 11.4 Å². The number of hydrogen-bond acceptors (Lipinski definition) is 3. The molecule has 0 aliphatic rings. The number of thioether (sulfide) groups is 1. The molecule has 2 nitrogen and oxygen atoms in total. The fourth-order valence-electron chi connectivity index (χ4n) is 1.59. The quantitative estimate of drug-likeness (QED) is 0.658. The zero-order valence-corrected chi connectivity index (χ0v) is 12.7. The monoisotopic (exact) mass is 341 g/mol. The molecule has 0 bridgehead atoms. The molecule has 2 aromatic carbocycles. The number of hydrogen-bond donors (Lipinski definition) is 1. The molecule has 0 saturated heterocycles. The van der Waals surface area contributed by atoms with Crippen molar-refractivity contribution in [2.45, 2.75) is 10.6 Å². The van der Waals surface area contributed by atoms with Crippen molar-refractivity contribution in [1.29, 1.82) is 0 Å². The molecule has 2 rings (SSSR count). The van der Waals surface area contributed by atoms with E-state index in [0.717, 1.165) is 14.9 Å². The standard InChI is InChI=1S/C14H13BrFNOS/c1-18-13-4-2-9(6-12(13)16)8-19-14-5-3-10(17)7-11(14)15/h2-7H,8,17H2,1H3. The summed E-state index contributed by atoms with van der Waals surface area (Å²) in [5.74, 6) is 0.614. The maximum atomic E-state index is 13.5. The van der Waals surface area contributed by atoms with Crippen LogP contribution in [0, 0.1) is 5.82 Å². The predicted octanol–water partition coefficient (Wildman–Crippen LogP) is 4.47. The largest absolute Gasteiger partial charge is 0.494 e. The molecular formula is C14H13BrFNOS. The Balaban J connectivity index is 2.08. The average molecular weight is 342 g/mol. The molecule has 5 heteroatoms. The molecule has 2 N–H and O–H groups in total. The first-order chi connectivity index (χ1) is 9.10. The summed E-state index contributed by atoms with van der Waals surface area (Å²) in [6.07, 6.45) is 0. The van der Waals surface area contributed by atoms with Gasteiger partial charge in [-0.05, 0) is 51.8 Å². The van der Waals surface area contributed by atoms with Crippen LogP contribution in [0.2, 0.25) is 0 Å². The first kappa shape index (κ1) is 14.2. The van der Waals surface area contributed by atoms with Gasteiger partial charge in [0.1, 0.15) is 0 Å². The fraction of sp³-hybridized carbons (Fsp3) is 0.143. The second-order valence-corrected chi connectivity index (χ2v) is 5.82. The molecule has 0 amide bonds. The second kappa shape index (κ2) is 6.30. The highest BCUT2D eigenvalue weighted by Gasteiger charge is 2.05. The van der Waals surface area contributed by atoms with Gasteiger partial charge in [0.05, 0.1) is 7.11 Å². The van der Waals surface area contributed by atoms with Crippen molar-refractivity contribution in [3.8, 4) is 5.75 Å². The third-order valence-corrected chi connectivity index (χ3v) is 4.63. The first-order valence-electron chi connectivity index (χ1n) is 5.60. The molecule has 0 heterocycles. The van der Waals surface area contributed by atoms with Crippen molar-refractivity contribution in [3.63, 3.8) is 0 Å². The van der Waals surface area contributed by atoms with E-state index in [9.17, 15) is 4.39 Å². The van der Waals surface area contributed by atoms with Gasteiger partial charge in [-0.1, -0.05) is 6.07 Å². The van der Waals surface area contributed by atoms with Gasteiger partial charge in [0, 0.05) is 20.8 Å². The Bertz CT molecular complexity index is 592. The summed E-state index contributed by atoms with van der Waals surface area (Å²) in [5, 5.41) is 0. The van der Waals surface area contributed by atoms with Gasteiger partial charge < -0.3 is 10.5 Å². The molecule has 100 valence electrons. The van der Waals surface area contributed by atoms with E-state index in [-0.39, 0.29) is 11.6 Å². The highest BCUT2D eigenvalue weighted by atomic mass is 79.9. The lowest BCUT2D eigenvalue weighted by atomic mass is 10.2. The Morgan fingerprint density at radius 2 is 2.05 bits per heavy atom. The van der Waals surface area contributed by atoms with Crippen LogP contribution in [0.1, 0.15) is 5.56 Å². The Hall–Kier alpha value is -1.20. The lowest BCUT2D eigenvalue weighted by Gasteiger charge is -2.07. The number of benzene rings is 2. The third kappa shape index (κ3) is 3.64. The minimum absolute atomic E-state index is 0.266. The summed E-state index contributed by atoms with van der Waals surface area (Å²) >= 11 is 5.08. The summed E-state index contributed by atoms with van der Waals surface area (Å²) in [5.41, 5.74) is 7.31. The summed E-state index contributed by atoms with van der Waals surface area (Å²) in [6.45, 7) is 0. The number of rotatable bonds is 4. The van der Waals surface area contributed by atoms with Crippen molar-refractivity contribution in [2.24, 2.45) is 0 Å². The molecule has 0 spiro atoms. The van der Waals surface area contributed by atoms with Gasteiger partial charge in [-0.25, -0.2) is 4.39 Å². The maximum absolute atomic E-state index is 13.5. The van der Waals surface area contributed by atoms with E-state index in [4.69, 9.17) is 10.5 Å². The normalized spacial score (nSPS) is 10.5. The Labute approximate surface area is 124 Å². The first-order valence-corrected chi connectivity index (χ1v) is 7.38. The highest BCUT2D eigenvalue weighted by molar-refractivity contribution is 9.10. The average Bonchev–Trinajstić information content (AvgIpc) is 2.38. The van der Waals surface area contributed by atoms with Gasteiger partial charge in [-0.15, -0.1) is 11.8 Å². The SMILES string of the molecule is COc1ccc(CSc2ccc(N)cc2Br)cc1F. The smallest absolute Gasteiger partial charge is 0.165 e. The number of methoxy groups -OCH3 is 1. The molecular weight excluding hydrogens is 329 g/mol.